The number of aromatic nitrogens is 2. The molecule has 5 nitrogen and oxygen atoms in total. The third-order valence-corrected chi connectivity index (χ3v) is 3.37. The van der Waals surface area contributed by atoms with Crippen molar-refractivity contribution in [3.8, 4) is 0 Å². The van der Waals surface area contributed by atoms with Crippen molar-refractivity contribution >= 4 is 11.7 Å². The molecule has 5 heteroatoms. The van der Waals surface area contributed by atoms with E-state index in [1.54, 1.807) is 0 Å². The van der Waals surface area contributed by atoms with Gasteiger partial charge in [0.2, 0.25) is 0 Å². The van der Waals surface area contributed by atoms with Crippen LogP contribution in [0.1, 0.15) is 42.4 Å². The van der Waals surface area contributed by atoms with Gasteiger partial charge in [0, 0.05) is 18.2 Å². The molecule has 0 radical (unpaired) electrons. The Bertz CT molecular complexity index is 635. The summed E-state index contributed by atoms with van der Waals surface area (Å²) in [6.45, 7) is 7.21. The van der Waals surface area contributed by atoms with Gasteiger partial charge in [-0.25, -0.2) is 0 Å². The van der Waals surface area contributed by atoms with Gasteiger partial charge in [0.05, 0.1) is 5.69 Å². The molecule has 22 heavy (non-hydrogen) atoms. The van der Waals surface area contributed by atoms with E-state index in [0.717, 1.165) is 12.2 Å². The summed E-state index contributed by atoms with van der Waals surface area (Å²) in [5.41, 5.74) is 2.88. The van der Waals surface area contributed by atoms with E-state index >= 15 is 0 Å². The number of benzene rings is 1. The zero-order valence-electron chi connectivity index (χ0n) is 13.9. The van der Waals surface area contributed by atoms with Crippen LogP contribution in [-0.4, -0.2) is 35.1 Å². The SMILES string of the molecule is CN(C)Cc1cc(NC(=O)c2ccc(C(C)(C)C)cc2)n[nH]1. The van der Waals surface area contributed by atoms with Gasteiger partial charge in [-0.05, 0) is 37.2 Å². The van der Waals surface area contributed by atoms with Gasteiger partial charge in [-0.2, -0.15) is 5.10 Å². The van der Waals surface area contributed by atoms with E-state index in [1.807, 2.05) is 49.3 Å². The molecule has 2 aromatic rings. The van der Waals surface area contributed by atoms with Crippen LogP contribution in [0, 0.1) is 0 Å². The molecule has 0 aliphatic heterocycles. The fraction of sp³-hybridized carbons (Fsp3) is 0.412. The highest BCUT2D eigenvalue weighted by atomic mass is 16.1. The van der Waals surface area contributed by atoms with E-state index in [9.17, 15) is 4.79 Å². The first kappa shape index (κ1) is 16.2. The minimum atomic E-state index is -0.150. The maximum absolute atomic E-state index is 12.2. The number of hydrogen-bond acceptors (Lipinski definition) is 3. The molecule has 0 spiro atoms. The molecule has 1 aromatic carbocycles. The summed E-state index contributed by atoms with van der Waals surface area (Å²) in [5, 5.41) is 9.83. The highest BCUT2D eigenvalue weighted by Crippen LogP contribution is 2.22. The van der Waals surface area contributed by atoms with Crippen LogP contribution in [0.5, 0.6) is 0 Å². The molecular weight excluding hydrogens is 276 g/mol. The molecule has 2 rings (SSSR count). The smallest absolute Gasteiger partial charge is 0.256 e. The average Bonchev–Trinajstić information content (AvgIpc) is 2.84. The summed E-state index contributed by atoms with van der Waals surface area (Å²) in [7, 11) is 3.96. The van der Waals surface area contributed by atoms with Crippen molar-refractivity contribution in [3.05, 3.63) is 47.2 Å². The lowest BCUT2D eigenvalue weighted by molar-refractivity contribution is 0.102. The Balaban J connectivity index is 2.04. The van der Waals surface area contributed by atoms with Gasteiger partial charge in [-0.15, -0.1) is 0 Å². The molecule has 1 amide bonds. The third kappa shape index (κ3) is 4.18. The zero-order valence-corrected chi connectivity index (χ0v) is 13.9. The second-order valence-electron chi connectivity index (χ2n) is 6.80. The Labute approximate surface area is 131 Å². The number of amides is 1. The van der Waals surface area contributed by atoms with Crippen LogP contribution in [-0.2, 0) is 12.0 Å². The van der Waals surface area contributed by atoms with E-state index < -0.39 is 0 Å². The van der Waals surface area contributed by atoms with Crippen molar-refractivity contribution in [2.45, 2.75) is 32.7 Å². The molecule has 0 atom stereocenters. The highest BCUT2D eigenvalue weighted by Gasteiger charge is 2.14. The van der Waals surface area contributed by atoms with Crippen LogP contribution in [0.4, 0.5) is 5.82 Å². The molecule has 1 heterocycles. The monoisotopic (exact) mass is 300 g/mol. The minimum absolute atomic E-state index is 0.0816. The van der Waals surface area contributed by atoms with Crippen molar-refractivity contribution < 1.29 is 4.79 Å². The van der Waals surface area contributed by atoms with Gasteiger partial charge in [0.25, 0.3) is 5.91 Å². The summed E-state index contributed by atoms with van der Waals surface area (Å²) >= 11 is 0. The van der Waals surface area contributed by atoms with Crippen LogP contribution >= 0.6 is 0 Å². The first-order valence-corrected chi connectivity index (χ1v) is 7.36. The van der Waals surface area contributed by atoms with Crippen LogP contribution < -0.4 is 5.32 Å². The highest BCUT2D eigenvalue weighted by molar-refractivity contribution is 6.03. The number of rotatable bonds is 4. The molecule has 0 saturated carbocycles. The van der Waals surface area contributed by atoms with E-state index in [4.69, 9.17) is 0 Å². The largest absolute Gasteiger partial charge is 0.305 e. The Morgan fingerprint density at radius 1 is 1.23 bits per heavy atom. The standard InChI is InChI=1S/C17H24N4O/c1-17(2,3)13-8-6-12(7-9-13)16(22)18-15-10-14(19-20-15)11-21(4)5/h6-10H,11H2,1-5H3,(H2,18,19,20,22). The van der Waals surface area contributed by atoms with Crippen LogP contribution in [0.2, 0.25) is 0 Å². The Kier molecular flexibility index (Phi) is 4.66. The van der Waals surface area contributed by atoms with E-state index in [1.165, 1.54) is 5.56 Å². The lowest BCUT2D eigenvalue weighted by Crippen LogP contribution is -2.14. The van der Waals surface area contributed by atoms with Gasteiger partial charge in [-0.3, -0.25) is 9.89 Å². The maximum atomic E-state index is 12.2. The van der Waals surface area contributed by atoms with E-state index in [0.29, 0.717) is 11.4 Å². The molecule has 118 valence electrons. The number of aromatic amines is 1. The van der Waals surface area contributed by atoms with Gasteiger partial charge in [0.1, 0.15) is 0 Å². The molecule has 1 aromatic heterocycles. The first-order chi connectivity index (χ1) is 10.3. The van der Waals surface area contributed by atoms with Gasteiger partial charge in [-0.1, -0.05) is 32.9 Å². The zero-order chi connectivity index (χ0) is 16.3. The summed E-state index contributed by atoms with van der Waals surface area (Å²) in [6, 6.07) is 9.54. The molecule has 0 fully saturated rings. The number of anilines is 1. The predicted molar refractivity (Wildman–Crippen MR) is 89.1 cm³/mol. The van der Waals surface area contributed by atoms with E-state index in [-0.39, 0.29) is 11.3 Å². The number of hydrogen-bond donors (Lipinski definition) is 2. The maximum Gasteiger partial charge on any atom is 0.256 e. The topological polar surface area (TPSA) is 61.0 Å². The number of carbonyl (C=O) groups is 1. The second-order valence-corrected chi connectivity index (χ2v) is 6.80. The molecule has 0 bridgehead atoms. The molecule has 0 aliphatic rings. The second kappa shape index (κ2) is 6.32. The van der Waals surface area contributed by atoms with Crippen LogP contribution in [0.25, 0.3) is 0 Å². The molecule has 0 aliphatic carbocycles. The van der Waals surface area contributed by atoms with Crippen LogP contribution in [0.3, 0.4) is 0 Å². The Hall–Kier alpha value is -2.14. The van der Waals surface area contributed by atoms with Crippen molar-refractivity contribution in [2.75, 3.05) is 19.4 Å². The number of nitrogens with one attached hydrogen (secondary N) is 2. The summed E-state index contributed by atoms with van der Waals surface area (Å²) in [5.74, 6) is 0.394. The number of carbonyl (C=O) groups excluding carboxylic acids is 1. The summed E-state index contributed by atoms with van der Waals surface area (Å²) < 4.78 is 0. The summed E-state index contributed by atoms with van der Waals surface area (Å²) in [6.07, 6.45) is 0. The fourth-order valence-electron chi connectivity index (χ4n) is 2.16. The average molecular weight is 300 g/mol. The van der Waals surface area contributed by atoms with Crippen molar-refractivity contribution in [2.24, 2.45) is 0 Å². The quantitative estimate of drug-likeness (QED) is 0.912. The Morgan fingerprint density at radius 3 is 2.41 bits per heavy atom. The number of nitrogens with zero attached hydrogens (tertiary/aromatic N) is 2. The van der Waals surface area contributed by atoms with Crippen molar-refractivity contribution in [1.82, 2.24) is 15.1 Å². The van der Waals surface area contributed by atoms with Crippen LogP contribution in [0.15, 0.2) is 30.3 Å². The van der Waals surface area contributed by atoms with E-state index in [2.05, 4.69) is 36.3 Å². The molecule has 0 unspecified atom stereocenters. The minimum Gasteiger partial charge on any atom is -0.305 e. The van der Waals surface area contributed by atoms with Crippen molar-refractivity contribution in [1.29, 1.82) is 0 Å². The van der Waals surface area contributed by atoms with Gasteiger partial charge in [0.15, 0.2) is 5.82 Å². The first-order valence-electron chi connectivity index (χ1n) is 7.36. The van der Waals surface area contributed by atoms with Crippen molar-refractivity contribution in [3.63, 3.8) is 0 Å². The predicted octanol–water partition coefficient (Wildman–Crippen LogP) is 3.02. The van der Waals surface area contributed by atoms with Gasteiger partial charge >= 0.3 is 0 Å². The Morgan fingerprint density at radius 2 is 1.86 bits per heavy atom. The third-order valence-electron chi connectivity index (χ3n) is 3.37. The normalized spacial score (nSPS) is 11.7. The summed E-state index contributed by atoms with van der Waals surface area (Å²) in [4.78, 5) is 14.3. The molecule has 2 N–H and O–H groups in total. The van der Waals surface area contributed by atoms with Gasteiger partial charge < -0.3 is 10.2 Å². The fourth-order valence-corrected chi connectivity index (χ4v) is 2.16. The molecule has 0 saturated heterocycles. The lowest BCUT2D eigenvalue weighted by Gasteiger charge is -2.18. The lowest BCUT2D eigenvalue weighted by atomic mass is 9.87. The molecular formula is C17H24N4O. The number of H-pyrrole nitrogens is 1.